The Morgan fingerprint density at radius 2 is 1.86 bits per heavy atom. The van der Waals surface area contributed by atoms with Crippen LogP contribution in [0.3, 0.4) is 0 Å². The summed E-state index contributed by atoms with van der Waals surface area (Å²) in [6.45, 7) is 4.40. The Morgan fingerprint density at radius 3 is 2.29 bits per heavy atom. The molecule has 0 fully saturated rings. The molecule has 0 rings (SSSR count). The van der Waals surface area contributed by atoms with E-state index in [1.165, 1.54) is 5.82 Å². The van der Waals surface area contributed by atoms with E-state index in [4.69, 9.17) is 14.2 Å². The Bertz CT molecular complexity index is 193. The lowest BCUT2D eigenvalue weighted by atomic mass is 10.3. The van der Waals surface area contributed by atoms with Gasteiger partial charge in [-0.3, -0.25) is 4.57 Å². The first-order chi connectivity index (χ1) is 6.68. The van der Waals surface area contributed by atoms with Gasteiger partial charge in [0.05, 0.1) is 13.2 Å². The van der Waals surface area contributed by atoms with Crippen LogP contribution < -0.4 is 0 Å². The van der Waals surface area contributed by atoms with Crippen molar-refractivity contribution >= 4 is 7.60 Å². The van der Waals surface area contributed by atoms with E-state index >= 15 is 0 Å². The van der Waals surface area contributed by atoms with Crippen LogP contribution in [0, 0.1) is 0 Å². The molecule has 0 radical (unpaired) electrons. The van der Waals surface area contributed by atoms with Crippen molar-refractivity contribution in [3.05, 3.63) is 11.9 Å². The molecule has 0 atom stereocenters. The molecule has 0 aliphatic heterocycles. The van der Waals surface area contributed by atoms with Gasteiger partial charge in [0.1, 0.15) is 0 Å². The highest BCUT2D eigenvalue weighted by molar-refractivity contribution is 7.57. The Hall–Kier alpha value is -0.150. The SMILES string of the molecule is CCOP(=O)(/C=C/CCCO)OCC. The van der Waals surface area contributed by atoms with Gasteiger partial charge in [0.2, 0.25) is 0 Å². The quantitative estimate of drug-likeness (QED) is 0.506. The Morgan fingerprint density at radius 1 is 1.29 bits per heavy atom. The number of hydrogen-bond donors (Lipinski definition) is 1. The van der Waals surface area contributed by atoms with Crippen molar-refractivity contribution in [1.82, 2.24) is 0 Å². The highest BCUT2D eigenvalue weighted by Crippen LogP contribution is 2.49. The Labute approximate surface area is 85.5 Å². The molecule has 0 bridgehead atoms. The smallest absolute Gasteiger partial charge is 0.353 e. The summed E-state index contributed by atoms with van der Waals surface area (Å²) < 4.78 is 21.9. The molecule has 5 heteroatoms. The first kappa shape index (κ1) is 13.8. The zero-order valence-corrected chi connectivity index (χ0v) is 9.70. The number of aliphatic hydroxyl groups excluding tert-OH is 1. The molecule has 84 valence electrons. The van der Waals surface area contributed by atoms with Crippen LogP contribution in [0.5, 0.6) is 0 Å². The largest absolute Gasteiger partial charge is 0.396 e. The summed E-state index contributed by atoms with van der Waals surface area (Å²) in [5.74, 6) is 1.47. The van der Waals surface area contributed by atoms with E-state index in [0.717, 1.165) is 0 Å². The van der Waals surface area contributed by atoms with Gasteiger partial charge in [-0.2, -0.15) is 0 Å². The van der Waals surface area contributed by atoms with Crippen LogP contribution in [-0.4, -0.2) is 24.9 Å². The topological polar surface area (TPSA) is 55.8 Å². The lowest BCUT2D eigenvalue weighted by Crippen LogP contribution is -1.92. The van der Waals surface area contributed by atoms with Crippen LogP contribution in [0.4, 0.5) is 0 Å². The van der Waals surface area contributed by atoms with E-state index < -0.39 is 7.60 Å². The minimum Gasteiger partial charge on any atom is -0.396 e. The molecular formula is C9H19O4P. The molecule has 1 N–H and O–H groups in total. The Balaban J connectivity index is 4.07. The van der Waals surface area contributed by atoms with Crippen molar-refractivity contribution < 1.29 is 18.7 Å². The fourth-order valence-corrected chi connectivity index (χ4v) is 2.27. The summed E-state index contributed by atoms with van der Waals surface area (Å²) in [7, 11) is -3.02. The molecule has 0 aromatic rings. The second kappa shape index (κ2) is 8.18. The van der Waals surface area contributed by atoms with Gasteiger partial charge in [-0.1, -0.05) is 6.08 Å². The van der Waals surface area contributed by atoms with Crippen LogP contribution in [0.15, 0.2) is 11.9 Å². The van der Waals surface area contributed by atoms with Gasteiger partial charge >= 0.3 is 7.60 Å². The average Bonchev–Trinajstić information content (AvgIpc) is 2.13. The van der Waals surface area contributed by atoms with Crippen LogP contribution in [0.1, 0.15) is 26.7 Å². The highest BCUT2D eigenvalue weighted by atomic mass is 31.2. The predicted molar refractivity (Wildman–Crippen MR) is 56.3 cm³/mol. The van der Waals surface area contributed by atoms with Crippen molar-refractivity contribution in [2.24, 2.45) is 0 Å². The van der Waals surface area contributed by atoms with Crippen LogP contribution >= 0.6 is 7.60 Å². The van der Waals surface area contributed by atoms with Crippen molar-refractivity contribution in [2.75, 3.05) is 19.8 Å². The van der Waals surface area contributed by atoms with Crippen molar-refractivity contribution in [3.63, 3.8) is 0 Å². The molecule has 0 amide bonds. The van der Waals surface area contributed by atoms with Crippen LogP contribution in [-0.2, 0) is 13.6 Å². The van der Waals surface area contributed by atoms with Crippen molar-refractivity contribution in [2.45, 2.75) is 26.7 Å². The molecule has 0 aromatic carbocycles. The highest BCUT2D eigenvalue weighted by Gasteiger charge is 2.18. The first-order valence-corrected chi connectivity index (χ1v) is 6.47. The standard InChI is InChI=1S/C9H19O4P/c1-3-12-14(11,13-4-2)9-7-5-6-8-10/h7,9-10H,3-6,8H2,1-2H3/b9-7+. The number of allylic oxidation sites excluding steroid dienone is 1. The second-order valence-electron chi connectivity index (χ2n) is 2.63. The van der Waals surface area contributed by atoms with Gasteiger partial charge in [0.25, 0.3) is 0 Å². The molecule has 0 spiro atoms. The molecule has 0 saturated heterocycles. The fourth-order valence-electron chi connectivity index (χ4n) is 0.896. The third-order valence-corrected chi connectivity index (χ3v) is 3.25. The monoisotopic (exact) mass is 222 g/mol. The van der Waals surface area contributed by atoms with Crippen LogP contribution in [0.25, 0.3) is 0 Å². The summed E-state index contributed by atoms with van der Waals surface area (Å²) in [4.78, 5) is 0. The molecule has 14 heavy (non-hydrogen) atoms. The Kier molecular flexibility index (Phi) is 8.09. The maximum absolute atomic E-state index is 11.8. The van der Waals surface area contributed by atoms with Gasteiger partial charge in [-0.15, -0.1) is 0 Å². The summed E-state index contributed by atoms with van der Waals surface area (Å²) in [6.07, 6.45) is 3.07. The van der Waals surface area contributed by atoms with Crippen LogP contribution in [0.2, 0.25) is 0 Å². The molecule has 4 nitrogen and oxygen atoms in total. The van der Waals surface area contributed by atoms with Gasteiger partial charge in [-0.25, -0.2) is 0 Å². The average molecular weight is 222 g/mol. The first-order valence-electron chi connectivity index (χ1n) is 4.86. The minimum atomic E-state index is -3.02. The zero-order chi connectivity index (χ0) is 10.9. The van der Waals surface area contributed by atoms with Gasteiger partial charge < -0.3 is 14.2 Å². The summed E-state index contributed by atoms with van der Waals surface area (Å²) in [5.41, 5.74) is 0. The van der Waals surface area contributed by atoms with E-state index in [-0.39, 0.29) is 6.61 Å². The number of aliphatic hydroxyl groups is 1. The normalized spacial score (nSPS) is 12.5. The van der Waals surface area contributed by atoms with Gasteiger partial charge in [0, 0.05) is 12.4 Å². The van der Waals surface area contributed by atoms with E-state index in [1.807, 2.05) is 0 Å². The summed E-state index contributed by atoms with van der Waals surface area (Å²) in [5, 5.41) is 8.54. The maximum Gasteiger partial charge on any atom is 0.353 e. The van der Waals surface area contributed by atoms with E-state index in [2.05, 4.69) is 0 Å². The molecule has 0 unspecified atom stereocenters. The lowest BCUT2D eigenvalue weighted by Gasteiger charge is -2.12. The maximum atomic E-state index is 11.8. The fraction of sp³-hybridized carbons (Fsp3) is 0.778. The number of rotatable bonds is 8. The summed E-state index contributed by atoms with van der Waals surface area (Å²) in [6, 6.07) is 0. The minimum absolute atomic E-state index is 0.137. The third kappa shape index (κ3) is 6.33. The molecule has 0 aliphatic carbocycles. The second-order valence-corrected chi connectivity index (χ2v) is 4.52. The molecular weight excluding hydrogens is 203 g/mol. The van der Waals surface area contributed by atoms with E-state index in [9.17, 15) is 4.57 Å². The molecule has 0 saturated carbocycles. The molecule has 0 aromatic heterocycles. The summed E-state index contributed by atoms with van der Waals surface area (Å²) >= 11 is 0. The van der Waals surface area contributed by atoms with Gasteiger partial charge in [-0.05, 0) is 26.7 Å². The van der Waals surface area contributed by atoms with E-state index in [1.54, 1.807) is 19.9 Å². The van der Waals surface area contributed by atoms with Crippen molar-refractivity contribution in [1.29, 1.82) is 0 Å². The zero-order valence-electron chi connectivity index (χ0n) is 8.81. The number of hydrogen-bond acceptors (Lipinski definition) is 4. The van der Waals surface area contributed by atoms with E-state index in [0.29, 0.717) is 26.1 Å². The van der Waals surface area contributed by atoms with Crippen molar-refractivity contribution in [3.8, 4) is 0 Å². The molecule has 0 heterocycles. The molecule has 0 aliphatic rings. The van der Waals surface area contributed by atoms with Gasteiger partial charge in [0.15, 0.2) is 0 Å². The third-order valence-electron chi connectivity index (χ3n) is 1.43. The number of unbranched alkanes of at least 4 members (excludes halogenated alkanes) is 1. The predicted octanol–water partition coefficient (Wildman–Crippen LogP) is 2.54. The lowest BCUT2D eigenvalue weighted by molar-refractivity contribution is 0.228.